The summed E-state index contributed by atoms with van der Waals surface area (Å²) in [4.78, 5) is 12.5. The normalized spacial score (nSPS) is 13.2. The zero-order valence-electron chi connectivity index (χ0n) is 12.9. The molecule has 2 aromatic carbocycles. The van der Waals surface area contributed by atoms with Gasteiger partial charge in [-0.25, -0.2) is 0 Å². The van der Waals surface area contributed by atoms with Gasteiger partial charge in [-0.05, 0) is 42.0 Å². The van der Waals surface area contributed by atoms with Crippen LogP contribution in [0.1, 0.15) is 21.3 Å². The third kappa shape index (κ3) is 4.09. The van der Waals surface area contributed by atoms with E-state index in [0.29, 0.717) is 32.7 Å². The van der Waals surface area contributed by atoms with E-state index in [4.69, 9.17) is 55.9 Å². The van der Waals surface area contributed by atoms with Gasteiger partial charge in [0.05, 0.1) is 29.6 Å². The predicted molar refractivity (Wildman–Crippen MR) is 98.6 cm³/mol. The highest BCUT2D eigenvalue weighted by Crippen LogP contribution is 2.39. The third-order valence-corrected chi connectivity index (χ3v) is 5.07. The van der Waals surface area contributed by atoms with E-state index in [1.165, 1.54) is 7.11 Å². The molecular formula is C17H14Cl4O3. The van der Waals surface area contributed by atoms with E-state index >= 15 is 0 Å². The van der Waals surface area contributed by atoms with E-state index < -0.39 is 10.8 Å². The Labute approximate surface area is 160 Å². The number of rotatable bonds is 6. The van der Waals surface area contributed by atoms with E-state index in [0.717, 1.165) is 0 Å². The number of hydrogen-bond donors (Lipinski definition) is 0. The van der Waals surface area contributed by atoms with Crippen LogP contribution in [0, 0.1) is 0 Å². The number of ketones is 1. The number of alkyl halides is 2. The molecule has 0 fully saturated rings. The van der Waals surface area contributed by atoms with Gasteiger partial charge in [-0.1, -0.05) is 23.2 Å². The Hall–Kier alpha value is -1.13. The lowest BCUT2D eigenvalue weighted by Gasteiger charge is -2.17. The molecule has 128 valence electrons. The predicted octanol–water partition coefficient (Wildman–Crippen LogP) is 5.78. The Morgan fingerprint density at radius 1 is 0.958 bits per heavy atom. The highest BCUT2D eigenvalue weighted by Gasteiger charge is 2.28. The van der Waals surface area contributed by atoms with Crippen LogP contribution < -0.4 is 9.47 Å². The highest BCUT2D eigenvalue weighted by molar-refractivity contribution is 6.40. The first-order valence-corrected chi connectivity index (χ1v) is 8.51. The van der Waals surface area contributed by atoms with Crippen LogP contribution in [0.4, 0.5) is 0 Å². The SMILES string of the molecule is COc1ccc(C(=O)[C@@H](Cl)[C@H](Cl)c2cc(Cl)c(OC)c(Cl)c2)cc1. The molecule has 0 aliphatic heterocycles. The first kappa shape index (κ1) is 19.2. The molecule has 0 saturated carbocycles. The molecule has 0 unspecified atom stereocenters. The second kappa shape index (κ2) is 8.30. The molecule has 0 amide bonds. The molecule has 0 N–H and O–H groups in total. The molecule has 0 radical (unpaired) electrons. The fourth-order valence-corrected chi connectivity index (χ4v) is 3.32. The Kier molecular flexibility index (Phi) is 6.64. The van der Waals surface area contributed by atoms with Crippen LogP contribution in [-0.2, 0) is 0 Å². The molecule has 0 spiro atoms. The average molecular weight is 408 g/mol. The summed E-state index contributed by atoms with van der Waals surface area (Å²) >= 11 is 24.8. The van der Waals surface area contributed by atoms with Crippen molar-refractivity contribution in [2.24, 2.45) is 0 Å². The first-order chi connectivity index (χ1) is 11.4. The van der Waals surface area contributed by atoms with Crippen molar-refractivity contribution in [3.63, 3.8) is 0 Å². The summed E-state index contributed by atoms with van der Waals surface area (Å²) < 4.78 is 10.2. The Morgan fingerprint density at radius 3 is 1.96 bits per heavy atom. The minimum atomic E-state index is -0.986. The number of carbonyl (C=O) groups is 1. The molecule has 0 saturated heterocycles. The fraction of sp³-hybridized carbons (Fsp3) is 0.235. The summed E-state index contributed by atoms with van der Waals surface area (Å²) in [5.74, 6) is 0.690. The van der Waals surface area contributed by atoms with Gasteiger partial charge in [0.25, 0.3) is 0 Å². The lowest BCUT2D eigenvalue weighted by Crippen LogP contribution is -2.20. The molecule has 0 bridgehead atoms. The van der Waals surface area contributed by atoms with Crippen molar-refractivity contribution < 1.29 is 14.3 Å². The summed E-state index contributed by atoms with van der Waals surface area (Å²) in [5, 5.41) is -1.19. The molecule has 7 heteroatoms. The standard InChI is InChI=1S/C17H14Cl4O3/c1-23-11-5-3-9(4-6-11)16(22)15(21)14(20)10-7-12(18)17(24-2)13(19)8-10/h3-8,14-15H,1-2H3/t14-,15+/m1/s1. The summed E-state index contributed by atoms with van der Waals surface area (Å²) in [6, 6.07) is 9.80. The molecule has 2 atom stereocenters. The number of carbonyl (C=O) groups excluding carboxylic acids is 1. The quantitative estimate of drug-likeness (QED) is 0.449. The van der Waals surface area contributed by atoms with E-state index in [1.807, 2.05) is 0 Å². The number of benzene rings is 2. The molecule has 0 aliphatic carbocycles. The van der Waals surface area contributed by atoms with E-state index in [2.05, 4.69) is 0 Å². The van der Waals surface area contributed by atoms with Crippen molar-refractivity contribution >= 4 is 52.2 Å². The monoisotopic (exact) mass is 406 g/mol. The summed E-state index contributed by atoms with van der Waals surface area (Å²) in [6.07, 6.45) is 0. The van der Waals surface area contributed by atoms with Gasteiger partial charge in [0.15, 0.2) is 11.5 Å². The number of hydrogen-bond acceptors (Lipinski definition) is 3. The van der Waals surface area contributed by atoms with Crippen LogP contribution in [0.25, 0.3) is 0 Å². The zero-order valence-corrected chi connectivity index (χ0v) is 15.9. The van der Waals surface area contributed by atoms with Crippen LogP contribution in [0.15, 0.2) is 36.4 Å². The topological polar surface area (TPSA) is 35.5 Å². The fourth-order valence-electron chi connectivity index (χ4n) is 2.15. The number of methoxy groups -OCH3 is 2. The maximum atomic E-state index is 12.5. The van der Waals surface area contributed by atoms with Gasteiger partial charge in [0.1, 0.15) is 11.1 Å². The van der Waals surface area contributed by atoms with Gasteiger partial charge < -0.3 is 9.47 Å². The summed E-state index contributed by atoms with van der Waals surface area (Å²) in [7, 11) is 3.01. The minimum Gasteiger partial charge on any atom is -0.497 e. The van der Waals surface area contributed by atoms with Gasteiger partial charge in [0, 0.05) is 5.56 Å². The Morgan fingerprint density at radius 2 is 1.50 bits per heavy atom. The molecule has 24 heavy (non-hydrogen) atoms. The van der Waals surface area contributed by atoms with Crippen molar-refractivity contribution in [1.82, 2.24) is 0 Å². The smallest absolute Gasteiger partial charge is 0.182 e. The maximum absolute atomic E-state index is 12.5. The van der Waals surface area contributed by atoms with Crippen LogP contribution >= 0.6 is 46.4 Å². The second-order valence-corrected chi connectivity index (χ2v) is 6.67. The van der Waals surface area contributed by atoms with Gasteiger partial charge >= 0.3 is 0 Å². The zero-order chi connectivity index (χ0) is 17.9. The maximum Gasteiger partial charge on any atom is 0.182 e. The molecular weight excluding hydrogens is 394 g/mol. The van der Waals surface area contributed by atoms with Crippen LogP contribution in [0.2, 0.25) is 10.0 Å². The van der Waals surface area contributed by atoms with Crippen molar-refractivity contribution in [1.29, 1.82) is 0 Å². The lowest BCUT2D eigenvalue weighted by atomic mass is 10.0. The number of ether oxygens (including phenoxy) is 2. The van der Waals surface area contributed by atoms with Gasteiger partial charge in [0.2, 0.25) is 0 Å². The number of halogens is 4. The summed E-state index contributed by atoms with van der Waals surface area (Å²) in [5.41, 5.74) is 0.974. The lowest BCUT2D eigenvalue weighted by molar-refractivity contribution is 0.0985. The van der Waals surface area contributed by atoms with Crippen LogP contribution in [0.3, 0.4) is 0 Å². The number of Topliss-reactive ketones (excluding diaryl/α,β-unsaturated/α-hetero) is 1. The van der Waals surface area contributed by atoms with Gasteiger partial charge in [-0.2, -0.15) is 0 Å². The Balaban J connectivity index is 2.24. The van der Waals surface area contributed by atoms with E-state index in [9.17, 15) is 4.79 Å². The Bertz CT molecular complexity index is 708. The first-order valence-electron chi connectivity index (χ1n) is 6.88. The molecule has 0 heterocycles. The molecule has 2 aromatic rings. The molecule has 3 nitrogen and oxygen atoms in total. The van der Waals surface area contributed by atoms with Gasteiger partial charge in [-0.3, -0.25) is 4.79 Å². The minimum absolute atomic E-state index is 0.298. The average Bonchev–Trinajstić information content (AvgIpc) is 2.59. The van der Waals surface area contributed by atoms with Crippen molar-refractivity contribution in [2.45, 2.75) is 10.8 Å². The molecule has 0 aromatic heterocycles. The summed E-state index contributed by atoms with van der Waals surface area (Å²) in [6.45, 7) is 0. The largest absolute Gasteiger partial charge is 0.497 e. The molecule has 0 aliphatic rings. The van der Waals surface area contributed by atoms with Crippen LogP contribution in [-0.4, -0.2) is 25.4 Å². The highest BCUT2D eigenvalue weighted by atomic mass is 35.5. The second-order valence-electron chi connectivity index (χ2n) is 4.91. The van der Waals surface area contributed by atoms with E-state index in [1.54, 1.807) is 43.5 Å². The third-order valence-electron chi connectivity index (χ3n) is 3.43. The van der Waals surface area contributed by atoms with Crippen LogP contribution in [0.5, 0.6) is 11.5 Å². The van der Waals surface area contributed by atoms with Crippen molar-refractivity contribution in [3.8, 4) is 11.5 Å². The van der Waals surface area contributed by atoms with Crippen molar-refractivity contribution in [2.75, 3.05) is 14.2 Å². The van der Waals surface area contributed by atoms with E-state index in [-0.39, 0.29) is 5.78 Å². The van der Waals surface area contributed by atoms with Crippen molar-refractivity contribution in [3.05, 3.63) is 57.6 Å². The van der Waals surface area contributed by atoms with Gasteiger partial charge in [-0.15, -0.1) is 23.2 Å². The molecule has 2 rings (SSSR count).